The Kier molecular flexibility index (Phi) is 5.61. The number of hydrogen-bond donors (Lipinski definition) is 1. The van der Waals surface area contributed by atoms with Gasteiger partial charge in [-0.2, -0.15) is 4.31 Å². The van der Waals surface area contributed by atoms with Crippen molar-refractivity contribution >= 4 is 10.0 Å². The Morgan fingerprint density at radius 2 is 1.95 bits per heavy atom. The van der Waals surface area contributed by atoms with Crippen LogP contribution in [0.4, 0.5) is 0 Å². The molecule has 1 aliphatic rings. The first kappa shape index (κ1) is 16.3. The van der Waals surface area contributed by atoms with E-state index in [2.05, 4.69) is 5.32 Å². The normalized spacial score (nSPS) is 16.9. The van der Waals surface area contributed by atoms with Crippen LogP contribution in [0.3, 0.4) is 0 Å². The zero-order valence-electron chi connectivity index (χ0n) is 12.8. The molecule has 6 heteroatoms. The molecule has 1 aromatic carbocycles. The van der Waals surface area contributed by atoms with Gasteiger partial charge in [0, 0.05) is 25.2 Å². The second-order valence-corrected chi connectivity index (χ2v) is 7.14. The highest BCUT2D eigenvalue weighted by atomic mass is 32.2. The highest BCUT2D eigenvalue weighted by Crippen LogP contribution is 2.26. The van der Waals surface area contributed by atoms with E-state index in [0.717, 1.165) is 30.6 Å². The molecule has 21 heavy (non-hydrogen) atoms. The molecule has 0 unspecified atom stereocenters. The van der Waals surface area contributed by atoms with Crippen molar-refractivity contribution in [3.05, 3.63) is 23.8 Å². The monoisotopic (exact) mass is 312 g/mol. The van der Waals surface area contributed by atoms with Gasteiger partial charge in [0.1, 0.15) is 5.75 Å². The summed E-state index contributed by atoms with van der Waals surface area (Å²) >= 11 is 0. The molecule has 0 aliphatic carbocycles. The van der Waals surface area contributed by atoms with Gasteiger partial charge in [0.15, 0.2) is 0 Å². The number of ether oxygens (including phenoxy) is 1. The Labute approximate surface area is 127 Å². The summed E-state index contributed by atoms with van der Waals surface area (Å²) in [5, 5.41) is 3.05. The van der Waals surface area contributed by atoms with E-state index in [1.165, 1.54) is 0 Å². The molecule has 0 radical (unpaired) electrons. The van der Waals surface area contributed by atoms with Crippen LogP contribution in [0.15, 0.2) is 23.1 Å². The largest absolute Gasteiger partial charge is 0.494 e. The number of nitrogens with zero attached hydrogens (tertiary/aromatic N) is 1. The molecule has 0 bridgehead atoms. The lowest BCUT2D eigenvalue weighted by molar-refractivity contribution is 0.335. The molecule has 0 saturated carbocycles. The second kappa shape index (κ2) is 7.24. The molecule has 1 heterocycles. The third-order valence-corrected chi connectivity index (χ3v) is 5.55. The van der Waals surface area contributed by atoms with Crippen LogP contribution in [0.1, 0.15) is 31.7 Å². The van der Waals surface area contributed by atoms with Crippen molar-refractivity contribution < 1.29 is 13.2 Å². The van der Waals surface area contributed by atoms with E-state index in [-0.39, 0.29) is 0 Å². The summed E-state index contributed by atoms with van der Waals surface area (Å²) in [6.45, 7) is 4.31. The zero-order valence-corrected chi connectivity index (χ0v) is 13.6. The van der Waals surface area contributed by atoms with Crippen LogP contribution < -0.4 is 10.1 Å². The van der Waals surface area contributed by atoms with E-state index in [0.29, 0.717) is 31.1 Å². The number of nitrogens with one attached hydrogen (secondary N) is 1. The summed E-state index contributed by atoms with van der Waals surface area (Å²) in [6.07, 6.45) is 3.00. The molecular weight excluding hydrogens is 288 g/mol. The van der Waals surface area contributed by atoms with Crippen LogP contribution in [0.2, 0.25) is 0 Å². The van der Waals surface area contributed by atoms with Crippen molar-refractivity contribution in [2.24, 2.45) is 0 Å². The number of piperidine rings is 1. The smallest absolute Gasteiger partial charge is 0.243 e. The lowest BCUT2D eigenvalue weighted by Crippen LogP contribution is -2.35. The second-order valence-electron chi connectivity index (χ2n) is 5.20. The van der Waals surface area contributed by atoms with Crippen LogP contribution in [0.25, 0.3) is 0 Å². The summed E-state index contributed by atoms with van der Waals surface area (Å²) in [5.41, 5.74) is 0.873. The molecule has 1 aliphatic heterocycles. The van der Waals surface area contributed by atoms with Gasteiger partial charge in [-0.3, -0.25) is 0 Å². The van der Waals surface area contributed by atoms with E-state index >= 15 is 0 Å². The quantitative estimate of drug-likeness (QED) is 0.872. The van der Waals surface area contributed by atoms with E-state index in [1.54, 1.807) is 22.5 Å². The molecule has 0 atom stereocenters. The fourth-order valence-electron chi connectivity index (χ4n) is 2.60. The van der Waals surface area contributed by atoms with Crippen molar-refractivity contribution in [1.29, 1.82) is 0 Å². The lowest BCUT2D eigenvalue weighted by atomic mass is 10.2. The third kappa shape index (κ3) is 3.75. The van der Waals surface area contributed by atoms with Gasteiger partial charge in [0.05, 0.1) is 11.5 Å². The van der Waals surface area contributed by atoms with Gasteiger partial charge in [0.25, 0.3) is 0 Å². The Morgan fingerprint density at radius 3 is 2.57 bits per heavy atom. The Bertz CT molecular complexity index is 566. The molecule has 1 aromatic rings. The number of hydrogen-bond acceptors (Lipinski definition) is 4. The van der Waals surface area contributed by atoms with Gasteiger partial charge in [0.2, 0.25) is 10.0 Å². The van der Waals surface area contributed by atoms with Gasteiger partial charge < -0.3 is 10.1 Å². The average molecular weight is 312 g/mol. The molecule has 5 nitrogen and oxygen atoms in total. The minimum Gasteiger partial charge on any atom is -0.494 e. The Hall–Kier alpha value is -1.11. The molecule has 118 valence electrons. The first-order valence-corrected chi connectivity index (χ1v) is 8.94. The van der Waals surface area contributed by atoms with E-state index < -0.39 is 10.0 Å². The predicted octanol–water partition coefficient (Wildman–Crippen LogP) is 1.98. The summed E-state index contributed by atoms with van der Waals surface area (Å²) in [7, 11) is -1.55. The Morgan fingerprint density at radius 1 is 1.24 bits per heavy atom. The van der Waals surface area contributed by atoms with Gasteiger partial charge in [-0.25, -0.2) is 8.42 Å². The maximum Gasteiger partial charge on any atom is 0.243 e. The minimum absolute atomic E-state index is 0.359. The van der Waals surface area contributed by atoms with Crippen LogP contribution in [-0.2, 0) is 16.6 Å². The van der Waals surface area contributed by atoms with Crippen molar-refractivity contribution in [3.63, 3.8) is 0 Å². The molecule has 1 fully saturated rings. The van der Waals surface area contributed by atoms with Crippen molar-refractivity contribution in [1.82, 2.24) is 9.62 Å². The predicted molar refractivity (Wildman–Crippen MR) is 83.0 cm³/mol. The number of sulfonamides is 1. The maximum absolute atomic E-state index is 12.7. The Balaban J connectivity index is 2.32. The third-order valence-electron chi connectivity index (χ3n) is 3.65. The van der Waals surface area contributed by atoms with Crippen LogP contribution >= 0.6 is 0 Å². The maximum atomic E-state index is 12.7. The first-order chi connectivity index (χ1) is 10.1. The highest BCUT2D eigenvalue weighted by molar-refractivity contribution is 7.89. The molecule has 1 N–H and O–H groups in total. The van der Waals surface area contributed by atoms with E-state index in [4.69, 9.17) is 4.74 Å². The summed E-state index contributed by atoms with van der Waals surface area (Å²) < 4.78 is 32.5. The first-order valence-electron chi connectivity index (χ1n) is 7.50. The fourth-order valence-corrected chi connectivity index (χ4v) is 4.16. The van der Waals surface area contributed by atoms with E-state index in [9.17, 15) is 8.42 Å². The SMILES string of the molecule is CCOc1ccc(S(=O)(=O)N2CCCCC2)cc1CNC. The topological polar surface area (TPSA) is 58.6 Å². The van der Waals surface area contributed by atoms with Crippen LogP contribution in [0, 0.1) is 0 Å². The summed E-state index contributed by atoms with van der Waals surface area (Å²) in [6, 6.07) is 5.13. The van der Waals surface area contributed by atoms with Gasteiger partial charge in [-0.1, -0.05) is 6.42 Å². The summed E-state index contributed by atoms with van der Waals surface area (Å²) in [5.74, 6) is 0.740. The average Bonchev–Trinajstić information content (AvgIpc) is 2.50. The fraction of sp³-hybridized carbons (Fsp3) is 0.600. The molecule has 1 saturated heterocycles. The van der Waals surface area contributed by atoms with Gasteiger partial charge in [-0.15, -0.1) is 0 Å². The molecule has 0 spiro atoms. The molecular formula is C15H24N2O3S. The van der Waals surface area contributed by atoms with Crippen LogP contribution in [0.5, 0.6) is 5.75 Å². The van der Waals surface area contributed by atoms with Gasteiger partial charge >= 0.3 is 0 Å². The van der Waals surface area contributed by atoms with Crippen molar-refractivity contribution in [2.75, 3.05) is 26.7 Å². The van der Waals surface area contributed by atoms with Crippen LogP contribution in [-0.4, -0.2) is 39.5 Å². The summed E-state index contributed by atoms with van der Waals surface area (Å²) in [4.78, 5) is 0.359. The molecule has 0 amide bonds. The standard InChI is InChI=1S/C15H24N2O3S/c1-3-20-15-8-7-14(11-13(15)12-16-2)21(18,19)17-9-5-4-6-10-17/h7-8,11,16H,3-6,9-10,12H2,1-2H3. The van der Waals surface area contributed by atoms with E-state index in [1.807, 2.05) is 14.0 Å². The van der Waals surface area contributed by atoms with Gasteiger partial charge in [-0.05, 0) is 45.0 Å². The molecule has 2 rings (SSSR count). The van der Waals surface area contributed by atoms with Crippen molar-refractivity contribution in [3.8, 4) is 5.75 Å². The number of benzene rings is 1. The van der Waals surface area contributed by atoms with Crippen molar-refractivity contribution in [2.45, 2.75) is 37.6 Å². The minimum atomic E-state index is -3.38. The number of rotatable bonds is 6. The lowest BCUT2D eigenvalue weighted by Gasteiger charge is -2.26. The highest BCUT2D eigenvalue weighted by Gasteiger charge is 2.26. The molecule has 0 aromatic heterocycles. The zero-order chi connectivity index (χ0) is 15.3.